The van der Waals surface area contributed by atoms with Gasteiger partial charge in [-0.05, 0) is 18.2 Å². The van der Waals surface area contributed by atoms with Crippen LogP contribution in [0.1, 0.15) is 16.1 Å². The summed E-state index contributed by atoms with van der Waals surface area (Å²) in [5.74, 6) is 3.76. The standard InChI is InChI=1S/C14H10FN3O2/c15-12-8-11(4-3-10(12)2-1-7-19)18-14(20)13-9-16-5-6-17-13/h3-6,8-9,19H,7H2,(H,18,20). The van der Waals surface area contributed by atoms with Gasteiger partial charge < -0.3 is 10.4 Å². The van der Waals surface area contributed by atoms with Gasteiger partial charge in [-0.3, -0.25) is 9.78 Å². The number of hydrogen-bond donors (Lipinski definition) is 2. The van der Waals surface area contributed by atoms with Gasteiger partial charge in [0.1, 0.15) is 18.1 Å². The number of halogens is 1. The van der Waals surface area contributed by atoms with Crippen molar-refractivity contribution in [3.8, 4) is 11.8 Å². The molecule has 0 bridgehead atoms. The van der Waals surface area contributed by atoms with Crippen LogP contribution in [-0.2, 0) is 0 Å². The molecule has 0 aliphatic carbocycles. The van der Waals surface area contributed by atoms with Crippen molar-refractivity contribution in [1.82, 2.24) is 9.97 Å². The van der Waals surface area contributed by atoms with Crippen molar-refractivity contribution in [3.05, 3.63) is 53.9 Å². The van der Waals surface area contributed by atoms with Crippen LogP contribution in [0.15, 0.2) is 36.8 Å². The van der Waals surface area contributed by atoms with Crippen LogP contribution in [0, 0.1) is 17.7 Å². The molecule has 5 nitrogen and oxygen atoms in total. The lowest BCUT2D eigenvalue weighted by atomic mass is 10.2. The Bertz CT molecular complexity index is 678. The van der Waals surface area contributed by atoms with Crippen molar-refractivity contribution in [2.24, 2.45) is 0 Å². The fourth-order valence-electron chi connectivity index (χ4n) is 1.44. The van der Waals surface area contributed by atoms with Crippen LogP contribution in [0.25, 0.3) is 0 Å². The van der Waals surface area contributed by atoms with Gasteiger partial charge in [-0.2, -0.15) is 0 Å². The first kappa shape index (κ1) is 13.6. The number of aromatic nitrogens is 2. The zero-order valence-corrected chi connectivity index (χ0v) is 10.3. The second-order valence-electron chi connectivity index (χ2n) is 3.70. The van der Waals surface area contributed by atoms with E-state index in [1.165, 1.54) is 30.7 Å². The number of aliphatic hydroxyl groups is 1. The molecule has 2 aromatic rings. The molecule has 20 heavy (non-hydrogen) atoms. The minimum absolute atomic E-state index is 0.136. The molecule has 0 atom stereocenters. The number of aliphatic hydroxyl groups excluding tert-OH is 1. The molecule has 2 rings (SSSR count). The summed E-state index contributed by atoms with van der Waals surface area (Å²) in [6.07, 6.45) is 4.15. The highest BCUT2D eigenvalue weighted by molar-refractivity contribution is 6.02. The van der Waals surface area contributed by atoms with Gasteiger partial charge in [0.05, 0.1) is 11.8 Å². The summed E-state index contributed by atoms with van der Waals surface area (Å²) in [6.45, 7) is -0.343. The summed E-state index contributed by atoms with van der Waals surface area (Å²) in [5, 5.41) is 11.1. The number of nitrogens with one attached hydrogen (secondary N) is 1. The lowest BCUT2D eigenvalue weighted by molar-refractivity contribution is 0.102. The van der Waals surface area contributed by atoms with E-state index in [4.69, 9.17) is 5.11 Å². The minimum atomic E-state index is -0.581. The minimum Gasteiger partial charge on any atom is -0.384 e. The monoisotopic (exact) mass is 271 g/mol. The Morgan fingerprint density at radius 2 is 2.25 bits per heavy atom. The third-order valence-electron chi connectivity index (χ3n) is 2.32. The quantitative estimate of drug-likeness (QED) is 0.805. The molecule has 2 N–H and O–H groups in total. The van der Waals surface area contributed by atoms with Crippen LogP contribution in [-0.4, -0.2) is 27.6 Å². The maximum atomic E-state index is 13.7. The molecule has 100 valence electrons. The third kappa shape index (κ3) is 3.37. The van der Waals surface area contributed by atoms with Crippen LogP contribution >= 0.6 is 0 Å². The summed E-state index contributed by atoms with van der Waals surface area (Å²) >= 11 is 0. The van der Waals surface area contributed by atoms with E-state index in [1.807, 2.05) is 0 Å². The van der Waals surface area contributed by atoms with Crippen LogP contribution < -0.4 is 5.32 Å². The number of carbonyl (C=O) groups excluding carboxylic acids is 1. The van der Waals surface area contributed by atoms with E-state index in [1.54, 1.807) is 0 Å². The maximum Gasteiger partial charge on any atom is 0.275 e. The second kappa shape index (κ2) is 6.41. The number of carbonyl (C=O) groups is 1. The third-order valence-corrected chi connectivity index (χ3v) is 2.32. The van der Waals surface area contributed by atoms with E-state index in [9.17, 15) is 9.18 Å². The lowest BCUT2D eigenvalue weighted by Crippen LogP contribution is -2.13. The van der Waals surface area contributed by atoms with Gasteiger partial charge in [0.2, 0.25) is 0 Å². The summed E-state index contributed by atoms with van der Waals surface area (Å²) in [4.78, 5) is 19.4. The number of benzene rings is 1. The highest BCUT2D eigenvalue weighted by Crippen LogP contribution is 2.14. The Hall–Kier alpha value is -2.78. The Balaban J connectivity index is 2.15. The largest absolute Gasteiger partial charge is 0.384 e. The molecule has 0 unspecified atom stereocenters. The molecule has 0 fully saturated rings. The molecule has 1 aromatic carbocycles. The van der Waals surface area contributed by atoms with E-state index in [0.717, 1.165) is 6.07 Å². The molecule has 1 aromatic heterocycles. The molecule has 0 saturated carbocycles. The molecule has 0 saturated heterocycles. The maximum absolute atomic E-state index is 13.7. The molecule has 1 amide bonds. The summed E-state index contributed by atoms with van der Waals surface area (Å²) in [7, 11) is 0. The number of anilines is 1. The molecule has 0 spiro atoms. The van der Waals surface area contributed by atoms with E-state index < -0.39 is 11.7 Å². The van der Waals surface area contributed by atoms with Crippen LogP contribution in [0.4, 0.5) is 10.1 Å². The fraction of sp³-hybridized carbons (Fsp3) is 0.0714. The van der Waals surface area contributed by atoms with Gasteiger partial charge in [0, 0.05) is 18.1 Å². The van der Waals surface area contributed by atoms with Crippen molar-refractivity contribution >= 4 is 11.6 Å². The Morgan fingerprint density at radius 1 is 1.40 bits per heavy atom. The molecule has 6 heteroatoms. The molecule has 1 heterocycles. The molecular weight excluding hydrogens is 261 g/mol. The van der Waals surface area contributed by atoms with Gasteiger partial charge in [-0.25, -0.2) is 9.37 Å². The zero-order valence-electron chi connectivity index (χ0n) is 10.3. The number of hydrogen-bond acceptors (Lipinski definition) is 4. The van der Waals surface area contributed by atoms with E-state index in [0.29, 0.717) is 0 Å². The number of nitrogens with zero attached hydrogens (tertiary/aromatic N) is 2. The highest BCUT2D eigenvalue weighted by atomic mass is 19.1. The van der Waals surface area contributed by atoms with Crippen molar-refractivity contribution < 1.29 is 14.3 Å². The molecule has 0 radical (unpaired) electrons. The van der Waals surface area contributed by atoms with Gasteiger partial charge >= 0.3 is 0 Å². The average Bonchev–Trinajstić information content (AvgIpc) is 2.47. The zero-order chi connectivity index (χ0) is 14.4. The van der Waals surface area contributed by atoms with Crippen LogP contribution in [0.3, 0.4) is 0 Å². The first-order chi connectivity index (χ1) is 9.70. The highest BCUT2D eigenvalue weighted by Gasteiger charge is 2.08. The normalized spacial score (nSPS) is 9.50. The Morgan fingerprint density at radius 3 is 2.90 bits per heavy atom. The summed E-state index contributed by atoms with van der Waals surface area (Å²) in [5.41, 5.74) is 0.571. The smallest absolute Gasteiger partial charge is 0.275 e. The number of amides is 1. The Kier molecular flexibility index (Phi) is 4.37. The average molecular weight is 271 g/mol. The summed E-state index contributed by atoms with van der Waals surface area (Å²) < 4.78 is 13.7. The van der Waals surface area contributed by atoms with Crippen LogP contribution in [0.2, 0.25) is 0 Å². The predicted molar refractivity (Wildman–Crippen MR) is 70.3 cm³/mol. The number of rotatable bonds is 2. The van der Waals surface area contributed by atoms with E-state index >= 15 is 0 Å². The second-order valence-corrected chi connectivity index (χ2v) is 3.70. The predicted octanol–water partition coefficient (Wildman–Crippen LogP) is 1.21. The van der Waals surface area contributed by atoms with Crippen molar-refractivity contribution in [2.75, 3.05) is 11.9 Å². The summed E-state index contributed by atoms with van der Waals surface area (Å²) in [6, 6.07) is 4.08. The van der Waals surface area contributed by atoms with Gasteiger partial charge in [-0.15, -0.1) is 0 Å². The van der Waals surface area contributed by atoms with Gasteiger partial charge in [-0.1, -0.05) is 11.8 Å². The first-order valence-electron chi connectivity index (χ1n) is 5.67. The fourth-order valence-corrected chi connectivity index (χ4v) is 1.44. The SMILES string of the molecule is O=C(Nc1ccc(C#CCO)c(F)c1)c1cnccn1. The lowest BCUT2D eigenvalue weighted by Gasteiger charge is -2.05. The van der Waals surface area contributed by atoms with Crippen molar-refractivity contribution in [2.45, 2.75) is 0 Å². The topological polar surface area (TPSA) is 75.1 Å². The van der Waals surface area contributed by atoms with E-state index in [2.05, 4.69) is 27.1 Å². The van der Waals surface area contributed by atoms with Gasteiger partial charge in [0.25, 0.3) is 5.91 Å². The molecular formula is C14H10FN3O2. The van der Waals surface area contributed by atoms with Crippen molar-refractivity contribution in [1.29, 1.82) is 0 Å². The van der Waals surface area contributed by atoms with Crippen molar-refractivity contribution in [3.63, 3.8) is 0 Å². The van der Waals surface area contributed by atoms with Crippen LogP contribution in [0.5, 0.6) is 0 Å². The Labute approximate surface area is 114 Å². The van der Waals surface area contributed by atoms with E-state index in [-0.39, 0.29) is 23.6 Å². The van der Waals surface area contributed by atoms with Gasteiger partial charge in [0.15, 0.2) is 0 Å². The first-order valence-corrected chi connectivity index (χ1v) is 5.67. The molecule has 0 aliphatic heterocycles. The molecule has 0 aliphatic rings.